The molecule has 1 N–H and O–H groups in total. The molecule has 1 amide bonds. The molecule has 1 fully saturated rings. The first-order chi connectivity index (χ1) is 12.6. The third-order valence-corrected chi connectivity index (χ3v) is 3.76. The van der Waals surface area contributed by atoms with E-state index in [1.54, 1.807) is 12.1 Å². The molecule has 0 atom stereocenters. The zero-order valence-corrected chi connectivity index (χ0v) is 13.9. The number of nitro benzene ring substituents is 1. The molecule has 2 heterocycles. The van der Waals surface area contributed by atoms with Crippen LogP contribution in [0.3, 0.4) is 0 Å². The number of benzene rings is 1. The molecule has 1 aromatic heterocycles. The van der Waals surface area contributed by atoms with Crippen LogP contribution in [0.4, 0.5) is 17.3 Å². The Morgan fingerprint density at radius 3 is 2.88 bits per heavy atom. The number of rotatable bonds is 6. The van der Waals surface area contributed by atoms with Crippen LogP contribution in [0.1, 0.15) is 10.4 Å². The van der Waals surface area contributed by atoms with Crippen molar-refractivity contribution in [3.8, 4) is 0 Å². The normalized spacial score (nSPS) is 14.1. The summed E-state index contributed by atoms with van der Waals surface area (Å²) in [5.41, 5.74) is 0.589. The Kier molecular flexibility index (Phi) is 5.17. The van der Waals surface area contributed by atoms with Gasteiger partial charge in [-0.3, -0.25) is 20.2 Å². The number of allylic oxidation sites excluding steroid dienone is 1. The van der Waals surface area contributed by atoms with Gasteiger partial charge >= 0.3 is 0 Å². The fourth-order valence-corrected chi connectivity index (χ4v) is 2.55. The summed E-state index contributed by atoms with van der Waals surface area (Å²) in [5.74, 6) is -0.537. The fraction of sp³-hybridized carbons (Fsp3) is 0.333. The molecular weight excluding hydrogens is 342 g/mol. The third-order valence-electron chi connectivity index (χ3n) is 3.76. The van der Waals surface area contributed by atoms with E-state index in [4.69, 9.17) is 4.74 Å². The first-order valence-electron chi connectivity index (χ1n) is 7.89. The quantitative estimate of drug-likeness (QED) is 0.457. The maximum Gasteiger partial charge on any atom is 0.270 e. The molecule has 0 unspecified atom stereocenters. The summed E-state index contributed by atoms with van der Waals surface area (Å²) < 4.78 is 5.32. The SMILES string of the molecule is C=CCn1nnc(NC(=O)c2cc([N+](=O)[O-])ccc2N2CCOCC2)n1. The first-order valence-corrected chi connectivity index (χ1v) is 7.89. The zero-order valence-electron chi connectivity index (χ0n) is 13.9. The lowest BCUT2D eigenvalue weighted by molar-refractivity contribution is -0.384. The largest absolute Gasteiger partial charge is 0.378 e. The van der Waals surface area contributed by atoms with E-state index >= 15 is 0 Å². The van der Waals surface area contributed by atoms with Crippen LogP contribution in [0.2, 0.25) is 0 Å². The number of nitrogens with zero attached hydrogens (tertiary/aromatic N) is 6. The maximum absolute atomic E-state index is 12.7. The number of carbonyl (C=O) groups is 1. The predicted molar refractivity (Wildman–Crippen MR) is 92.1 cm³/mol. The maximum atomic E-state index is 12.7. The molecule has 1 aromatic carbocycles. The predicted octanol–water partition coefficient (Wildman–Crippen LogP) is 0.856. The summed E-state index contributed by atoms with van der Waals surface area (Å²) in [6.45, 7) is 6.14. The van der Waals surface area contributed by atoms with Gasteiger partial charge in [-0.15, -0.1) is 11.7 Å². The minimum absolute atomic E-state index is 0.0104. The highest BCUT2D eigenvalue weighted by Gasteiger charge is 2.23. The molecule has 0 saturated carbocycles. The molecule has 1 aliphatic rings. The van der Waals surface area contributed by atoms with Gasteiger partial charge in [-0.1, -0.05) is 11.2 Å². The number of non-ortho nitro benzene ring substituents is 1. The minimum atomic E-state index is -0.548. The van der Waals surface area contributed by atoms with Gasteiger partial charge in [0, 0.05) is 25.2 Å². The number of tetrazole rings is 1. The van der Waals surface area contributed by atoms with E-state index in [0.29, 0.717) is 38.5 Å². The number of hydrogen-bond donors (Lipinski definition) is 1. The van der Waals surface area contributed by atoms with Gasteiger partial charge in [-0.05, 0) is 11.3 Å². The summed E-state index contributed by atoms with van der Waals surface area (Å²) in [6.07, 6.45) is 1.59. The molecule has 0 aliphatic carbocycles. The van der Waals surface area contributed by atoms with E-state index in [1.807, 2.05) is 4.90 Å². The van der Waals surface area contributed by atoms with Crippen molar-refractivity contribution in [2.45, 2.75) is 6.54 Å². The van der Waals surface area contributed by atoms with Gasteiger partial charge in [0.1, 0.15) is 0 Å². The molecule has 0 spiro atoms. The van der Waals surface area contributed by atoms with Gasteiger partial charge < -0.3 is 9.64 Å². The minimum Gasteiger partial charge on any atom is -0.378 e. The highest BCUT2D eigenvalue weighted by molar-refractivity contribution is 6.07. The van der Waals surface area contributed by atoms with Gasteiger partial charge in [0.25, 0.3) is 17.5 Å². The van der Waals surface area contributed by atoms with E-state index in [9.17, 15) is 14.9 Å². The highest BCUT2D eigenvalue weighted by atomic mass is 16.6. The lowest BCUT2D eigenvalue weighted by Crippen LogP contribution is -2.37. The average Bonchev–Trinajstić information content (AvgIpc) is 3.09. The van der Waals surface area contributed by atoms with Crippen molar-refractivity contribution in [2.24, 2.45) is 0 Å². The summed E-state index contributed by atoms with van der Waals surface area (Å²) in [5, 5.41) is 25.1. The van der Waals surface area contributed by atoms with Crippen LogP contribution >= 0.6 is 0 Å². The molecule has 3 rings (SSSR count). The van der Waals surface area contributed by atoms with Crippen LogP contribution in [0.15, 0.2) is 30.9 Å². The fourth-order valence-electron chi connectivity index (χ4n) is 2.55. The molecule has 136 valence electrons. The molecule has 0 bridgehead atoms. The molecular formula is C15H17N7O4. The molecule has 26 heavy (non-hydrogen) atoms. The van der Waals surface area contributed by atoms with Crippen LogP contribution in [-0.2, 0) is 11.3 Å². The number of amides is 1. The lowest BCUT2D eigenvalue weighted by atomic mass is 10.1. The monoisotopic (exact) mass is 359 g/mol. The van der Waals surface area contributed by atoms with Gasteiger partial charge in [-0.2, -0.15) is 4.80 Å². The molecule has 11 heteroatoms. The van der Waals surface area contributed by atoms with E-state index in [0.717, 1.165) is 0 Å². The van der Waals surface area contributed by atoms with Crippen LogP contribution in [-0.4, -0.2) is 57.3 Å². The molecule has 1 aliphatic heterocycles. The average molecular weight is 359 g/mol. The number of morpholine rings is 1. The van der Waals surface area contributed by atoms with Gasteiger partial charge in [-0.25, -0.2) is 0 Å². The summed E-state index contributed by atoms with van der Waals surface area (Å²) >= 11 is 0. The standard InChI is InChI=1S/C15H17N7O4/c1-2-5-21-18-15(17-19-21)16-14(23)12-10-11(22(24)25)3-4-13(12)20-6-8-26-9-7-20/h2-4,10H,1,5-9H2,(H,16,18,23). The Labute approximate surface area is 148 Å². The van der Waals surface area contributed by atoms with E-state index < -0.39 is 10.8 Å². The topological polar surface area (TPSA) is 128 Å². The first kappa shape index (κ1) is 17.5. The van der Waals surface area contributed by atoms with Crippen LogP contribution in [0.5, 0.6) is 0 Å². The van der Waals surface area contributed by atoms with Crippen molar-refractivity contribution in [1.29, 1.82) is 0 Å². The van der Waals surface area contributed by atoms with Gasteiger partial charge in [0.05, 0.1) is 35.9 Å². The molecule has 11 nitrogen and oxygen atoms in total. The second-order valence-corrected chi connectivity index (χ2v) is 5.47. The Hall–Kier alpha value is -3.34. The number of nitro groups is 1. The number of hydrogen-bond acceptors (Lipinski definition) is 8. The number of ether oxygens (including phenoxy) is 1. The summed E-state index contributed by atoms with van der Waals surface area (Å²) in [6, 6.07) is 4.19. The molecule has 1 saturated heterocycles. The Bertz CT molecular complexity index is 829. The van der Waals surface area contributed by atoms with Crippen LogP contribution in [0, 0.1) is 10.1 Å². The lowest BCUT2D eigenvalue weighted by Gasteiger charge is -2.30. The van der Waals surface area contributed by atoms with E-state index in [-0.39, 0.29) is 17.2 Å². The van der Waals surface area contributed by atoms with Crippen molar-refractivity contribution < 1.29 is 14.5 Å². The van der Waals surface area contributed by atoms with E-state index in [2.05, 4.69) is 27.3 Å². The Balaban J connectivity index is 1.88. The number of nitrogens with one attached hydrogen (secondary N) is 1. The van der Waals surface area contributed by atoms with Gasteiger partial charge in [0.15, 0.2) is 0 Å². The Morgan fingerprint density at radius 1 is 1.42 bits per heavy atom. The number of anilines is 2. The van der Waals surface area contributed by atoms with E-state index in [1.165, 1.54) is 16.9 Å². The van der Waals surface area contributed by atoms with Crippen molar-refractivity contribution in [2.75, 3.05) is 36.5 Å². The van der Waals surface area contributed by atoms with Crippen LogP contribution in [0.25, 0.3) is 0 Å². The molecule has 2 aromatic rings. The summed E-state index contributed by atoms with van der Waals surface area (Å²) in [4.78, 5) is 26.4. The smallest absolute Gasteiger partial charge is 0.270 e. The highest BCUT2D eigenvalue weighted by Crippen LogP contribution is 2.27. The van der Waals surface area contributed by atoms with Crippen molar-refractivity contribution in [1.82, 2.24) is 20.2 Å². The molecule has 0 radical (unpaired) electrons. The van der Waals surface area contributed by atoms with Crippen LogP contribution < -0.4 is 10.2 Å². The van der Waals surface area contributed by atoms with Gasteiger partial charge in [0.2, 0.25) is 0 Å². The zero-order chi connectivity index (χ0) is 18.5. The summed E-state index contributed by atoms with van der Waals surface area (Å²) in [7, 11) is 0. The Morgan fingerprint density at radius 2 is 2.19 bits per heavy atom. The number of aromatic nitrogens is 4. The van der Waals surface area contributed by atoms with Crippen molar-refractivity contribution in [3.05, 3.63) is 46.5 Å². The third kappa shape index (κ3) is 3.83. The second kappa shape index (κ2) is 7.70. The van der Waals surface area contributed by atoms with Crippen molar-refractivity contribution >= 4 is 23.2 Å². The number of carbonyl (C=O) groups excluding carboxylic acids is 1. The second-order valence-electron chi connectivity index (χ2n) is 5.47. The van der Waals surface area contributed by atoms with Crippen molar-refractivity contribution in [3.63, 3.8) is 0 Å².